The number of hydrogen-bond donors (Lipinski definition) is 1. The van der Waals surface area contributed by atoms with Crippen LogP contribution in [0.25, 0.3) is 0 Å². The third-order valence-corrected chi connectivity index (χ3v) is 1.46. The van der Waals surface area contributed by atoms with Crippen molar-refractivity contribution in [3.63, 3.8) is 0 Å². The zero-order valence-corrected chi connectivity index (χ0v) is 7.01. The first-order chi connectivity index (χ1) is 6.29. The lowest BCUT2D eigenvalue weighted by atomic mass is 10.2. The van der Waals surface area contributed by atoms with Crippen molar-refractivity contribution in [3.05, 3.63) is 48.2 Å². The standard InChI is InChI=1S/C10H10O3/c11-10(12)13-8-4-7-9-5-2-1-3-6-9/h1-6,8H,7H2,(H,11,12). The van der Waals surface area contributed by atoms with Crippen LogP contribution in [0.5, 0.6) is 0 Å². The monoisotopic (exact) mass is 178 g/mol. The van der Waals surface area contributed by atoms with Crippen LogP contribution in [-0.2, 0) is 11.2 Å². The maximum atomic E-state index is 9.94. The summed E-state index contributed by atoms with van der Waals surface area (Å²) in [5.41, 5.74) is 1.12. The van der Waals surface area contributed by atoms with Crippen LogP contribution in [0, 0.1) is 0 Å². The van der Waals surface area contributed by atoms with Gasteiger partial charge in [-0.3, -0.25) is 0 Å². The molecule has 0 saturated carbocycles. The van der Waals surface area contributed by atoms with E-state index in [1.54, 1.807) is 6.08 Å². The fourth-order valence-electron chi connectivity index (χ4n) is 0.905. The molecule has 0 unspecified atom stereocenters. The molecule has 3 nitrogen and oxygen atoms in total. The van der Waals surface area contributed by atoms with Crippen molar-refractivity contribution in [2.24, 2.45) is 0 Å². The summed E-state index contributed by atoms with van der Waals surface area (Å²) in [5.74, 6) is 0. The van der Waals surface area contributed by atoms with Crippen molar-refractivity contribution < 1.29 is 14.6 Å². The van der Waals surface area contributed by atoms with E-state index in [9.17, 15) is 4.79 Å². The maximum absolute atomic E-state index is 9.94. The van der Waals surface area contributed by atoms with E-state index in [-0.39, 0.29) is 0 Å². The second-order valence-corrected chi connectivity index (χ2v) is 2.45. The SMILES string of the molecule is O=C(O)OC=CCc1ccccc1. The summed E-state index contributed by atoms with van der Waals surface area (Å²) in [6.45, 7) is 0. The van der Waals surface area contributed by atoms with Gasteiger partial charge in [-0.15, -0.1) is 0 Å². The fourth-order valence-corrected chi connectivity index (χ4v) is 0.905. The Bertz CT molecular complexity index is 290. The summed E-state index contributed by atoms with van der Waals surface area (Å²) in [6.07, 6.45) is 2.22. The molecule has 0 bridgehead atoms. The molecule has 13 heavy (non-hydrogen) atoms. The molecule has 0 aliphatic rings. The summed E-state index contributed by atoms with van der Waals surface area (Å²) in [6, 6.07) is 9.72. The van der Waals surface area contributed by atoms with Gasteiger partial charge >= 0.3 is 6.16 Å². The Morgan fingerprint density at radius 1 is 1.38 bits per heavy atom. The molecule has 0 amide bonds. The molecular weight excluding hydrogens is 168 g/mol. The number of hydrogen-bond acceptors (Lipinski definition) is 2. The summed E-state index contributed by atoms with van der Waals surface area (Å²) < 4.78 is 4.20. The highest BCUT2D eigenvalue weighted by atomic mass is 16.7. The summed E-state index contributed by atoms with van der Waals surface area (Å²) in [4.78, 5) is 9.94. The van der Waals surface area contributed by atoms with Gasteiger partial charge < -0.3 is 9.84 Å². The van der Waals surface area contributed by atoms with Crippen LogP contribution in [0.4, 0.5) is 4.79 Å². The first-order valence-electron chi connectivity index (χ1n) is 3.87. The second kappa shape index (κ2) is 4.98. The number of carboxylic acid groups (broad SMARTS) is 1. The minimum absolute atomic E-state index is 0.675. The van der Waals surface area contributed by atoms with Gasteiger partial charge in [-0.25, -0.2) is 4.79 Å². The van der Waals surface area contributed by atoms with Gasteiger partial charge in [-0.05, 0) is 18.1 Å². The average molecular weight is 178 g/mol. The molecule has 0 atom stereocenters. The molecule has 1 aromatic rings. The third-order valence-electron chi connectivity index (χ3n) is 1.46. The molecule has 0 heterocycles. The smallest absolute Gasteiger partial charge is 0.449 e. The van der Waals surface area contributed by atoms with Crippen LogP contribution in [0.2, 0.25) is 0 Å². The highest BCUT2D eigenvalue weighted by molar-refractivity contribution is 5.57. The maximum Gasteiger partial charge on any atom is 0.510 e. The molecule has 0 aliphatic heterocycles. The molecule has 0 aliphatic carbocycles. The highest BCUT2D eigenvalue weighted by Gasteiger charge is 1.89. The van der Waals surface area contributed by atoms with E-state index in [1.807, 2.05) is 30.3 Å². The number of carbonyl (C=O) groups is 1. The molecule has 3 heteroatoms. The van der Waals surface area contributed by atoms with E-state index in [1.165, 1.54) is 6.26 Å². The number of allylic oxidation sites excluding steroid dienone is 1. The van der Waals surface area contributed by atoms with E-state index in [0.717, 1.165) is 5.56 Å². The van der Waals surface area contributed by atoms with Crippen LogP contribution >= 0.6 is 0 Å². The Kier molecular flexibility index (Phi) is 3.57. The fraction of sp³-hybridized carbons (Fsp3) is 0.100. The number of ether oxygens (including phenoxy) is 1. The summed E-state index contributed by atoms with van der Waals surface area (Å²) in [7, 11) is 0. The molecule has 0 fully saturated rings. The lowest BCUT2D eigenvalue weighted by Gasteiger charge is -1.93. The largest absolute Gasteiger partial charge is 0.510 e. The highest BCUT2D eigenvalue weighted by Crippen LogP contribution is 1.99. The van der Waals surface area contributed by atoms with E-state index >= 15 is 0 Å². The minimum atomic E-state index is -1.29. The van der Waals surface area contributed by atoms with Gasteiger partial charge in [0.25, 0.3) is 0 Å². The van der Waals surface area contributed by atoms with Gasteiger partial charge in [0.2, 0.25) is 0 Å². The predicted octanol–water partition coefficient (Wildman–Crippen LogP) is 2.44. The van der Waals surface area contributed by atoms with Gasteiger partial charge in [0.05, 0.1) is 6.26 Å². The lowest BCUT2D eigenvalue weighted by molar-refractivity contribution is 0.128. The van der Waals surface area contributed by atoms with Crippen molar-refractivity contribution in [2.45, 2.75) is 6.42 Å². The summed E-state index contributed by atoms with van der Waals surface area (Å²) >= 11 is 0. The molecular formula is C10H10O3. The lowest BCUT2D eigenvalue weighted by Crippen LogP contribution is -1.91. The van der Waals surface area contributed by atoms with Gasteiger partial charge in [0.1, 0.15) is 0 Å². The zero-order chi connectivity index (χ0) is 9.52. The van der Waals surface area contributed by atoms with Crippen molar-refractivity contribution in [2.75, 3.05) is 0 Å². The predicted molar refractivity (Wildman–Crippen MR) is 48.4 cm³/mol. The van der Waals surface area contributed by atoms with Crippen molar-refractivity contribution in [1.82, 2.24) is 0 Å². The molecule has 68 valence electrons. The van der Waals surface area contributed by atoms with Crippen LogP contribution in [0.3, 0.4) is 0 Å². The van der Waals surface area contributed by atoms with Gasteiger partial charge in [0, 0.05) is 0 Å². The third kappa shape index (κ3) is 3.96. The van der Waals surface area contributed by atoms with E-state index in [2.05, 4.69) is 4.74 Å². The van der Waals surface area contributed by atoms with E-state index in [0.29, 0.717) is 6.42 Å². The van der Waals surface area contributed by atoms with Crippen LogP contribution in [0.15, 0.2) is 42.7 Å². The van der Waals surface area contributed by atoms with Gasteiger partial charge in [-0.1, -0.05) is 30.3 Å². The minimum Gasteiger partial charge on any atom is -0.449 e. The Balaban J connectivity index is 2.35. The number of rotatable bonds is 3. The quantitative estimate of drug-likeness (QED) is 0.571. The topological polar surface area (TPSA) is 46.5 Å². The molecule has 0 radical (unpaired) electrons. The Morgan fingerprint density at radius 3 is 2.69 bits per heavy atom. The Morgan fingerprint density at radius 2 is 2.08 bits per heavy atom. The van der Waals surface area contributed by atoms with E-state index < -0.39 is 6.16 Å². The van der Waals surface area contributed by atoms with Gasteiger partial charge in [-0.2, -0.15) is 0 Å². The molecule has 1 aromatic carbocycles. The van der Waals surface area contributed by atoms with Crippen molar-refractivity contribution in [1.29, 1.82) is 0 Å². The average Bonchev–Trinajstić information content (AvgIpc) is 2.14. The molecule has 0 spiro atoms. The normalized spacial score (nSPS) is 10.2. The summed E-state index contributed by atoms with van der Waals surface area (Å²) in [5, 5.41) is 8.14. The van der Waals surface area contributed by atoms with Crippen molar-refractivity contribution >= 4 is 6.16 Å². The van der Waals surface area contributed by atoms with Gasteiger partial charge in [0.15, 0.2) is 0 Å². The van der Waals surface area contributed by atoms with Crippen LogP contribution < -0.4 is 0 Å². The zero-order valence-electron chi connectivity index (χ0n) is 7.01. The number of benzene rings is 1. The van der Waals surface area contributed by atoms with Crippen LogP contribution in [0.1, 0.15) is 5.56 Å². The Labute approximate surface area is 76.3 Å². The van der Waals surface area contributed by atoms with Crippen molar-refractivity contribution in [3.8, 4) is 0 Å². The Hall–Kier alpha value is -1.77. The first kappa shape index (κ1) is 9.32. The molecule has 1 rings (SSSR count). The molecule has 0 aromatic heterocycles. The van der Waals surface area contributed by atoms with E-state index in [4.69, 9.17) is 5.11 Å². The molecule has 0 saturated heterocycles. The van der Waals surface area contributed by atoms with Crippen LogP contribution in [-0.4, -0.2) is 11.3 Å². The second-order valence-electron chi connectivity index (χ2n) is 2.45. The first-order valence-corrected chi connectivity index (χ1v) is 3.87. The molecule has 1 N–H and O–H groups in total.